The van der Waals surface area contributed by atoms with E-state index in [9.17, 15) is 13.2 Å². The third kappa shape index (κ3) is 5.13. The van der Waals surface area contributed by atoms with Crippen LogP contribution in [0.15, 0.2) is 59.5 Å². The molecule has 1 fully saturated rings. The summed E-state index contributed by atoms with van der Waals surface area (Å²) in [5.74, 6) is 0.115. The van der Waals surface area contributed by atoms with Crippen LogP contribution in [-0.2, 0) is 14.6 Å². The lowest BCUT2D eigenvalue weighted by Gasteiger charge is -2.24. The number of carbonyl (C=O) groups is 1. The molecule has 0 aliphatic heterocycles. The molecule has 1 amide bonds. The second-order valence-electron chi connectivity index (χ2n) is 7.23. The maximum atomic E-state index is 13.0. The van der Waals surface area contributed by atoms with Crippen LogP contribution in [0.3, 0.4) is 0 Å². The molecule has 0 heterocycles. The average Bonchev–Trinajstić information content (AvgIpc) is 3.15. The fourth-order valence-electron chi connectivity index (χ4n) is 3.84. The number of rotatable bonds is 6. The highest BCUT2D eigenvalue weighted by atomic mass is 35.5. The summed E-state index contributed by atoms with van der Waals surface area (Å²) in [6, 6.07) is 16.0. The van der Waals surface area contributed by atoms with Crippen LogP contribution in [0.5, 0.6) is 0 Å². The summed E-state index contributed by atoms with van der Waals surface area (Å²) in [5, 5.41) is 3.15. The molecule has 1 aliphatic carbocycles. The Kier molecular flexibility index (Phi) is 7.63. The molecule has 3 N–H and O–H groups in total. The highest BCUT2D eigenvalue weighted by Crippen LogP contribution is 2.32. The summed E-state index contributed by atoms with van der Waals surface area (Å²) in [5.41, 5.74) is 7.50. The Hall–Kier alpha value is -1.89. The van der Waals surface area contributed by atoms with E-state index < -0.39 is 15.9 Å². The Morgan fingerprint density at radius 3 is 2.43 bits per heavy atom. The maximum absolute atomic E-state index is 13.0. The largest absolute Gasteiger partial charge is 0.345 e. The molecule has 0 aromatic heterocycles. The molecule has 0 radical (unpaired) electrons. The quantitative estimate of drug-likeness (QED) is 0.748. The molecule has 152 valence electrons. The van der Waals surface area contributed by atoms with Crippen molar-refractivity contribution in [1.29, 1.82) is 0 Å². The van der Waals surface area contributed by atoms with Gasteiger partial charge in [0.15, 0.2) is 9.84 Å². The van der Waals surface area contributed by atoms with Crippen molar-refractivity contribution in [3.63, 3.8) is 0 Å². The SMILES string of the molecule is CS(=O)(=O)c1cccc(C(NC(=O)[C@@H]2CCC[C@@H]2CN)c2ccccc2)c1.Cl. The molecule has 3 atom stereocenters. The molecule has 0 saturated heterocycles. The van der Waals surface area contributed by atoms with E-state index in [1.165, 1.54) is 6.26 Å². The van der Waals surface area contributed by atoms with E-state index in [2.05, 4.69) is 5.32 Å². The maximum Gasteiger partial charge on any atom is 0.224 e. The van der Waals surface area contributed by atoms with Crippen molar-refractivity contribution in [2.75, 3.05) is 12.8 Å². The highest BCUT2D eigenvalue weighted by molar-refractivity contribution is 7.90. The van der Waals surface area contributed by atoms with Crippen molar-refractivity contribution in [2.45, 2.75) is 30.2 Å². The Labute approximate surface area is 173 Å². The van der Waals surface area contributed by atoms with Gasteiger partial charge in [-0.15, -0.1) is 12.4 Å². The van der Waals surface area contributed by atoms with Gasteiger partial charge < -0.3 is 11.1 Å². The second-order valence-corrected chi connectivity index (χ2v) is 9.25. The number of hydrogen-bond acceptors (Lipinski definition) is 4. The van der Waals surface area contributed by atoms with Crippen LogP contribution < -0.4 is 11.1 Å². The van der Waals surface area contributed by atoms with Crippen LogP contribution in [0.4, 0.5) is 0 Å². The number of sulfone groups is 1. The standard InChI is InChI=1S/C21H26N2O3S.ClH/c1-27(25,26)18-11-5-9-16(13-18)20(15-7-3-2-4-8-15)23-21(24)19-12-6-10-17(19)14-22;/h2-5,7-9,11,13,17,19-20H,6,10,12,14,22H2,1H3,(H,23,24);1H/t17-,19-,20?;/m1./s1. The lowest BCUT2D eigenvalue weighted by Crippen LogP contribution is -2.37. The Balaban J connectivity index is 0.00000280. The lowest BCUT2D eigenvalue weighted by molar-refractivity contribution is -0.126. The summed E-state index contributed by atoms with van der Waals surface area (Å²) in [6.45, 7) is 0.512. The summed E-state index contributed by atoms with van der Waals surface area (Å²) >= 11 is 0. The molecule has 0 bridgehead atoms. The van der Waals surface area contributed by atoms with Crippen LogP contribution in [0.1, 0.15) is 36.4 Å². The lowest BCUT2D eigenvalue weighted by atomic mass is 9.93. The Morgan fingerprint density at radius 2 is 1.79 bits per heavy atom. The van der Waals surface area contributed by atoms with Crippen molar-refractivity contribution < 1.29 is 13.2 Å². The van der Waals surface area contributed by atoms with Gasteiger partial charge in [0.1, 0.15) is 0 Å². The Bertz CT molecular complexity index is 903. The first-order valence-electron chi connectivity index (χ1n) is 9.25. The first-order chi connectivity index (χ1) is 12.9. The van der Waals surface area contributed by atoms with E-state index in [0.29, 0.717) is 6.54 Å². The van der Waals surface area contributed by atoms with Crippen LogP contribution >= 0.6 is 12.4 Å². The molecular formula is C21H27ClN2O3S. The number of hydrogen-bond donors (Lipinski definition) is 2. The molecule has 3 rings (SSSR count). The van der Waals surface area contributed by atoms with Crippen molar-refractivity contribution >= 4 is 28.2 Å². The summed E-state index contributed by atoms with van der Waals surface area (Å²) in [4.78, 5) is 13.2. The summed E-state index contributed by atoms with van der Waals surface area (Å²) < 4.78 is 23.9. The molecule has 28 heavy (non-hydrogen) atoms. The molecular weight excluding hydrogens is 396 g/mol. The van der Waals surface area contributed by atoms with Crippen LogP contribution in [0.2, 0.25) is 0 Å². The van der Waals surface area contributed by atoms with Gasteiger partial charge in [0.25, 0.3) is 0 Å². The van der Waals surface area contributed by atoms with Gasteiger partial charge in [0, 0.05) is 12.2 Å². The van der Waals surface area contributed by atoms with Gasteiger partial charge in [-0.05, 0) is 48.6 Å². The van der Waals surface area contributed by atoms with Crippen LogP contribution in [0, 0.1) is 11.8 Å². The predicted octanol–water partition coefficient (Wildman–Crippen LogP) is 3.09. The zero-order valence-electron chi connectivity index (χ0n) is 15.9. The smallest absolute Gasteiger partial charge is 0.224 e. The van der Waals surface area contributed by atoms with Gasteiger partial charge in [-0.2, -0.15) is 0 Å². The minimum absolute atomic E-state index is 0. The fourth-order valence-corrected chi connectivity index (χ4v) is 4.52. The van der Waals surface area contributed by atoms with Crippen molar-refractivity contribution in [2.24, 2.45) is 17.6 Å². The summed E-state index contributed by atoms with van der Waals surface area (Å²) in [6.07, 6.45) is 4.03. The third-order valence-corrected chi connectivity index (χ3v) is 6.45. The van der Waals surface area contributed by atoms with E-state index in [-0.39, 0.29) is 35.0 Å². The number of halogens is 1. The zero-order valence-corrected chi connectivity index (χ0v) is 17.5. The number of carbonyl (C=O) groups excluding carboxylic acids is 1. The fraction of sp³-hybridized carbons (Fsp3) is 0.381. The molecule has 0 spiro atoms. The zero-order chi connectivity index (χ0) is 19.4. The molecule has 1 unspecified atom stereocenters. The van der Waals surface area contributed by atoms with Gasteiger partial charge in [0.05, 0.1) is 10.9 Å². The average molecular weight is 423 g/mol. The van der Waals surface area contributed by atoms with E-state index in [1.54, 1.807) is 18.2 Å². The third-order valence-electron chi connectivity index (χ3n) is 5.34. The molecule has 5 nitrogen and oxygen atoms in total. The topological polar surface area (TPSA) is 89.3 Å². The number of nitrogens with one attached hydrogen (secondary N) is 1. The van der Waals surface area contributed by atoms with E-state index in [0.717, 1.165) is 30.4 Å². The van der Waals surface area contributed by atoms with Gasteiger partial charge in [-0.1, -0.05) is 48.9 Å². The monoisotopic (exact) mass is 422 g/mol. The minimum Gasteiger partial charge on any atom is -0.345 e. The molecule has 1 aliphatic rings. The van der Waals surface area contributed by atoms with Crippen molar-refractivity contribution in [1.82, 2.24) is 5.32 Å². The molecule has 2 aromatic rings. The first-order valence-corrected chi connectivity index (χ1v) is 11.1. The number of benzene rings is 2. The number of nitrogens with two attached hydrogens (primary N) is 1. The van der Waals surface area contributed by atoms with E-state index in [4.69, 9.17) is 5.73 Å². The number of amides is 1. The predicted molar refractivity (Wildman–Crippen MR) is 113 cm³/mol. The van der Waals surface area contributed by atoms with Gasteiger partial charge in [-0.3, -0.25) is 4.79 Å². The molecule has 2 aromatic carbocycles. The minimum atomic E-state index is -3.33. The van der Waals surface area contributed by atoms with Crippen LogP contribution in [0.25, 0.3) is 0 Å². The van der Waals surface area contributed by atoms with Gasteiger partial charge in [0.2, 0.25) is 5.91 Å². The second kappa shape index (κ2) is 9.54. The first kappa shape index (κ1) is 22.4. The van der Waals surface area contributed by atoms with Gasteiger partial charge in [-0.25, -0.2) is 8.42 Å². The van der Waals surface area contributed by atoms with Crippen LogP contribution in [-0.4, -0.2) is 27.1 Å². The normalized spacial score (nSPS) is 20.2. The summed E-state index contributed by atoms with van der Waals surface area (Å²) in [7, 11) is -3.33. The molecule has 7 heteroatoms. The van der Waals surface area contributed by atoms with Crippen molar-refractivity contribution in [3.8, 4) is 0 Å². The van der Waals surface area contributed by atoms with E-state index >= 15 is 0 Å². The Morgan fingerprint density at radius 1 is 1.11 bits per heavy atom. The van der Waals surface area contributed by atoms with E-state index in [1.807, 2.05) is 36.4 Å². The highest BCUT2D eigenvalue weighted by Gasteiger charge is 2.33. The van der Waals surface area contributed by atoms with Crippen molar-refractivity contribution in [3.05, 3.63) is 65.7 Å². The molecule has 1 saturated carbocycles. The van der Waals surface area contributed by atoms with Gasteiger partial charge >= 0.3 is 0 Å².